The van der Waals surface area contributed by atoms with Crippen LogP contribution in [0.3, 0.4) is 0 Å². The van der Waals surface area contributed by atoms with Gasteiger partial charge in [0, 0.05) is 19.1 Å². The molecule has 1 aliphatic heterocycles. The predicted molar refractivity (Wildman–Crippen MR) is 86.0 cm³/mol. The summed E-state index contributed by atoms with van der Waals surface area (Å²) in [5.41, 5.74) is 0. The Morgan fingerprint density at radius 3 is 2.95 bits per heavy atom. The molecule has 3 unspecified atom stereocenters. The van der Waals surface area contributed by atoms with E-state index in [0.29, 0.717) is 29.3 Å². The Bertz CT molecular complexity index is 444. The van der Waals surface area contributed by atoms with Gasteiger partial charge in [-0.1, -0.05) is 30.7 Å². The van der Waals surface area contributed by atoms with Crippen molar-refractivity contribution in [1.82, 2.24) is 10.2 Å². The van der Waals surface area contributed by atoms with Crippen LogP contribution in [0.1, 0.15) is 13.3 Å². The summed E-state index contributed by atoms with van der Waals surface area (Å²) in [5.74, 6) is 1.21. The average molecular weight is 313 g/mol. The number of ether oxygens (including phenoxy) is 1. The lowest BCUT2D eigenvalue weighted by Gasteiger charge is -2.35. The molecule has 118 valence electrons. The zero-order chi connectivity index (χ0) is 15.2. The maximum Gasteiger partial charge on any atom is 0.138 e. The number of halogens is 1. The first kappa shape index (κ1) is 16.6. The first-order valence-corrected chi connectivity index (χ1v) is 7.91. The molecule has 1 aromatic carbocycles. The lowest BCUT2D eigenvalue weighted by molar-refractivity contribution is 0.0933. The van der Waals surface area contributed by atoms with Crippen LogP contribution in [0.2, 0.25) is 5.02 Å². The molecule has 0 aromatic heterocycles. The van der Waals surface area contributed by atoms with Gasteiger partial charge in [-0.05, 0) is 38.1 Å². The maximum absolute atomic E-state index is 10.0. The SMILES string of the molecule is CC1CN(C)CCC1NCC(O)COc1ccccc1Cl. The van der Waals surface area contributed by atoms with Crippen LogP contribution in [0.15, 0.2) is 24.3 Å². The van der Waals surface area contributed by atoms with Gasteiger partial charge in [0.1, 0.15) is 18.5 Å². The average Bonchev–Trinajstić information content (AvgIpc) is 2.45. The summed E-state index contributed by atoms with van der Waals surface area (Å²) in [7, 11) is 2.15. The van der Waals surface area contributed by atoms with E-state index in [2.05, 4.69) is 24.2 Å². The van der Waals surface area contributed by atoms with Crippen LogP contribution in [-0.4, -0.2) is 55.4 Å². The van der Waals surface area contributed by atoms with E-state index in [1.54, 1.807) is 6.07 Å². The maximum atomic E-state index is 10.0. The summed E-state index contributed by atoms with van der Waals surface area (Å²) in [6.45, 7) is 5.25. The third-order valence-electron chi connectivity index (χ3n) is 3.99. The molecule has 1 heterocycles. The summed E-state index contributed by atoms with van der Waals surface area (Å²) in [5, 5.41) is 14.1. The minimum absolute atomic E-state index is 0.248. The van der Waals surface area contributed by atoms with Crippen molar-refractivity contribution in [2.24, 2.45) is 5.92 Å². The van der Waals surface area contributed by atoms with Gasteiger partial charge in [0.25, 0.3) is 0 Å². The van der Waals surface area contributed by atoms with Crippen LogP contribution in [-0.2, 0) is 0 Å². The van der Waals surface area contributed by atoms with Crippen LogP contribution in [0.4, 0.5) is 0 Å². The van der Waals surface area contributed by atoms with Crippen molar-refractivity contribution < 1.29 is 9.84 Å². The van der Waals surface area contributed by atoms with Crippen molar-refractivity contribution in [3.63, 3.8) is 0 Å². The molecule has 5 heteroatoms. The van der Waals surface area contributed by atoms with E-state index in [-0.39, 0.29) is 6.61 Å². The zero-order valence-electron chi connectivity index (χ0n) is 12.8. The highest BCUT2D eigenvalue weighted by atomic mass is 35.5. The van der Waals surface area contributed by atoms with E-state index < -0.39 is 6.10 Å². The van der Waals surface area contributed by atoms with E-state index >= 15 is 0 Å². The summed E-state index contributed by atoms with van der Waals surface area (Å²) in [4.78, 5) is 2.35. The van der Waals surface area contributed by atoms with Crippen molar-refractivity contribution in [2.75, 3.05) is 33.3 Å². The monoisotopic (exact) mass is 312 g/mol. The number of rotatable bonds is 6. The van der Waals surface area contributed by atoms with Gasteiger partial charge in [0.15, 0.2) is 0 Å². The molecule has 0 amide bonds. The van der Waals surface area contributed by atoms with Crippen LogP contribution in [0.25, 0.3) is 0 Å². The molecule has 1 aromatic rings. The summed E-state index contributed by atoms with van der Waals surface area (Å²) < 4.78 is 5.55. The first-order chi connectivity index (χ1) is 10.1. The fourth-order valence-corrected chi connectivity index (χ4v) is 2.94. The number of hydrogen-bond acceptors (Lipinski definition) is 4. The summed E-state index contributed by atoms with van der Waals surface area (Å²) in [6, 6.07) is 7.78. The number of hydrogen-bond donors (Lipinski definition) is 2. The van der Waals surface area contributed by atoms with Gasteiger partial charge >= 0.3 is 0 Å². The molecule has 1 fully saturated rings. The Morgan fingerprint density at radius 1 is 1.48 bits per heavy atom. The third-order valence-corrected chi connectivity index (χ3v) is 4.30. The van der Waals surface area contributed by atoms with E-state index in [4.69, 9.17) is 16.3 Å². The lowest BCUT2D eigenvalue weighted by atomic mass is 9.94. The van der Waals surface area contributed by atoms with Crippen LogP contribution in [0.5, 0.6) is 5.75 Å². The Balaban J connectivity index is 1.70. The van der Waals surface area contributed by atoms with Gasteiger partial charge in [-0.25, -0.2) is 0 Å². The Hall–Kier alpha value is -0.810. The molecule has 3 atom stereocenters. The Kier molecular flexibility index (Phi) is 6.30. The second kappa shape index (κ2) is 7.99. The van der Waals surface area contributed by atoms with Crippen molar-refractivity contribution in [3.05, 3.63) is 29.3 Å². The lowest BCUT2D eigenvalue weighted by Crippen LogP contribution is -2.49. The van der Waals surface area contributed by atoms with Crippen molar-refractivity contribution in [3.8, 4) is 5.75 Å². The smallest absolute Gasteiger partial charge is 0.138 e. The molecule has 0 spiro atoms. The molecule has 2 rings (SSSR count). The van der Waals surface area contributed by atoms with Gasteiger partial charge in [-0.2, -0.15) is 0 Å². The highest BCUT2D eigenvalue weighted by Crippen LogP contribution is 2.23. The molecule has 21 heavy (non-hydrogen) atoms. The molecule has 1 aliphatic rings. The van der Waals surface area contributed by atoms with E-state index in [9.17, 15) is 5.11 Å². The normalized spacial score (nSPS) is 24.8. The second-order valence-corrected chi connectivity index (χ2v) is 6.35. The fourth-order valence-electron chi connectivity index (χ4n) is 2.75. The minimum Gasteiger partial charge on any atom is -0.489 e. The molecule has 2 N–H and O–H groups in total. The van der Waals surface area contributed by atoms with Gasteiger partial charge in [-0.15, -0.1) is 0 Å². The second-order valence-electron chi connectivity index (χ2n) is 5.94. The number of aliphatic hydroxyl groups excluding tert-OH is 1. The number of nitrogens with zero attached hydrogens (tertiary/aromatic N) is 1. The van der Waals surface area contributed by atoms with E-state index in [0.717, 1.165) is 19.5 Å². The molecule has 0 radical (unpaired) electrons. The Morgan fingerprint density at radius 2 is 2.24 bits per heavy atom. The molecular formula is C16H25ClN2O2. The third kappa shape index (κ3) is 5.15. The van der Waals surface area contributed by atoms with Crippen molar-refractivity contribution >= 4 is 11.6 Å². The zero-order valence-corrected chi connectivity index (χ0v) is 13.5. The van der Waals surface area contributed by atoms with Gasteiger partial charge in [0.05, 0.1) is 5.02 Å². The topological polar surface area (TPSA) is 44.7 Å². The van der Waals surface area contributed by atoms with Crippen molar-refractivity contribution in [2.45, 2.75) is 25.5 Å². The first-order valence-electron chi connectivity index (χ1n) is 7.53. The molecule has 0 aliphatic carbocycles. The van der Waals surface area contributed by atoms with Crippen LogP contribution < -0.4 is 10.1 Å². The number of likely N-dealkylation sites (tertiary alicyclic amines) is 1. The fraction of sp³-hybridized carbons (Fsp3) is 0.625. The highest BCUT2D eigenvalue weighted by molar-refractivity contribution is 6.32. The van der Waals surface area contributed by atoms with Gasteiger partial charge in [-0.3, -0.25) is 0 Å². The quantitative estimate of drug-likeness (QED) is 0.843. The summed E-state index contributed by atoms with van der Waals surface area (Å²) >= 11 is 6.01. The molecule has 4 nitrogen and oxygen atoms in total. The van der Waals surface area contributed by atoms with Crippen LogP contribution >= 0.6 is 11.6 Å². The number of para-hydroxylation sites is 1. The standard InChI is InChI=1S/C16H25ClN2O2/c1-12-10-19(2)8-7-15(12)18-9-13(20)11-21-16-6-4-3-5-14(16)17/h3-6,12-13,15,18,20H,7-11H2,1-2H3. The largest absolute Gasteiger partial charge is 0.489 e. The van der Waals surface area contributed by atoms with E-state index in [1.807, 2.05) is 18.2 Å². The number of nitrogens with one attached hydrogen (secondary N) is 1. The van der Waals surface area contributed by atoms with E-state index in [1.165, 1.54) is 0 Å². The van der Waals surface area contributed by atoms with Gasteiger partial charge in [0.2, 0.25) is 0 Å². The highest BCUT2D eigenvalue weighted by Gasteiger charge is 2.24. The number of benzene rings is 1. The number of aliphatic hydroxyl groups is 1. The minimum atomic E-state index is -0.534. The molecule has 0 bridgehead atoms. The van der Waals surface area contributed by atoms with Crippen LogP contribution in [0, 0.1) is 5.92 Å². The molecule has 1 saturated heterocycles. The number of piperidine rings is 1. The molecule has 0 saturated carbocycles. The molecular weight excluding hydrogens is 288 g/mol. The van der Waals surface area contributed by atoms with Crippen molar-refractivity contribution in [1.29, 1.82) is 0 Å². The summed E-state index contributed by atoms with van der Waals surface area (Å²) in [6.07, 6.45) is 0.587. The Labute approximate surface area is 132 Å². The predicted octanol–water partition coefficient (Wildman–Crippen LogP) is 2.01. The van der Waals surface area contributed by atoms with Gasteiger partial charge < -0.3 is 20.1 Å².